The summed E-state index contributed by atoms with van der Waals surface area (Å²) in [6.45, 7) is 3.90. The van der Waals surface area contributed by atoms with Crippen LogP contribution in [0.3, 0.4) is 0 Å². The van der Waals surface area contributed by atoms with E-state index >= 15 is 0 Å². The second-order valence-electron chi connectivity index (χ2n) is 6.74. The lowest BCUT2D eigenvalue weighted by atomic mass is 9.98. The molecule has 30 heavy (non-hydrogen) atoms. The van der Waals surface area contributed by atoms with Gasteiger partial charge in [0.1, 0.15) is 0 Å². The van der Waals surface area contributed by atoms with Gasteiger partial charge in [0.05, 0.1) is 10.5 Å². The zero-order chi connectivity index (χ0) is 21.3. The first kappa shape index (κ1) is 20.4. The maximum Gasteiger partial charge on any atom is 0.220 e. The first-order chi connectivity index (χ1) is 14.5. The van der Waals surface area contributed by atoms with Crippen LogP contribution in [-0.4, -0.2) is 15.0 Å². The first-order valence-electron chi connectivity index (χ1n) is 9.36. The molecule has 0 unspecified atom stereocenters. The number of nitrogens with two attached hydrogens (primary N) is 1. The summed E-state index contributed by atoms with van der Waals surface area (Å²) in [6.07, 6.45) is 2.46. The first-order valence-corrected chi connectivity index (χ1v) is 10.6. The molecule has 0 bridgehead atoms. The van der Waals surface area contributed by atoms with Crippen molar-refractivity contribution >= 4 is 46.2 Å². The van der Waals surface area contributed by atoms with Gasteiger partial charge in [0.25, 0.3) is 0 Å². The van der Waals surface area contributed by atoms with E-state index < -0.39 is 5.82 Å². The van der Waals surface area contributed by atoms with Gasteiger partial charge in [-0.25, -0.2) is 19.3 Å². The van der Waals surface area contributed by atoms with E-state index in [0.717, 1.165) is 33.3 Å². The molecule has 0 spiro atoms. The van der Waals surface area contributed by atoms with Crippen LogP contribution in [0.4, 0.5) is 16.2 Å². The molecule has 0 atom stereocenters. The fourth-order valence-electron chi connectivity index (χ4n) is 3.23. The lowest BCUT2D eigenvalue weighted by molar-refractivity contribution is 0.627. The molecule has 2 heterocycles. The quantitative estimate of drug-likeness (QED) is 0.368. The van der Waals surface area contributed by atoms with E-state index in [9.17, 15) is 4.39 Å². The number of hydrogen-bond acceptors (Lipinski definition) is 6. The Hall–Kier alpha value is -2.90. The summed E-state index contributed by atoms with van der Waals surface area (Å²) in [7, 11) is 0. The predicted molar refractivity (Wildman–Crippen MR) is 122 cm³/mol. The average Bonchev–Trinajstić information content (AvgIpc) is 2.74. The Morgan fingerprint density at radius 2 is 1.97 bits per heavy atom. The molecular weight excluding hydrogens is 421 g/mol. The Labute approximate surface area is 183 Å². The van der Waals surface area contributed by atoms with Crippen molar-refractivity contribution in [2.45, 2.75) is 25.2 Å². The second-order valence-corrected chi connectivity index (χ2v) is 8.00. The normalized spacial score (nSPS) is 11.1. The largest absolute Gasteiger partial charge is 0.368 e. The lowest BCUT2D eigenvalue weighted by Gasteiger charge is -2.13. The number of fused-ring (bicyclic) bond motifs is 1. The highest BCUT2D eigenvalue weighted by Gasteiger charge is 2.14. The summed E-state index contributed by atoms with van der Waals surface area (Å²) < 4.78 is 17.8. The molecule has 2 aromatic heterocycles. The molecule has 0 aliphatic heterocycles. The Balaban J connectivity index is 1.69. The molecule has 0 saturated heterocycles. The van der Waals surface area contributed by atoms with Crippen molar-refractivity contribution in [1.82, 2.24) is 15.0 Å². The summed E-state index contributed by atoms with van der Waals surface area (Å²) in [5, 5.41) is 1.45. The number of anilines is 2. The van der Waals surface area contributed by atoms with Gasteiger partial charge in [-0.1, -0.05) is 30.7 Å². The zero-order valence-corrected chi connectivity index (χ0v) is 18.0. The van der Waals surface area contributed by atoms with E-state index in [2.05, 4.69) is 19.7 Å². The number of benzene rings is 2. The van der Waals surface area contributed by atoms with E-state index in [0.29, 0.717) is 16.3 Å². The van der Waals surface area contributed by atoms with Crippen LogP contribution in [0.2, 0.25) is 5.02 Å². The van der Waals surface area contributed by atoms with Crippen molar-refractivity contribution < 1.29 is 4.39 Å². The van der Waals surface area contributed by atoms with Gasteiger partial charge in [-0.2, -0.15) is 0 Å². The van der Waals surface area contributed by atoms with Crippen LogP contribution in [0.1, 0.15) is 18.2 Å². The van der Waals surface area contributed by atoms with Gasteiger partial charge in [-0.3, -0.25) is 0 Å². The van der Waals surface area contributed by atoms with Gasteiger partial charge < -0.3 is 10.5 Å². The lowest BCUT2D eigenvalue weighted by Crippen LogP contribution is -2.00. The van der Waals surface area contributed by atoms with Crippen molar-refractivity contribution in [3.05, 3.63) is 70.8 Å². The van der Waals surface area contributed by atoms with Gasteiger partial charge in [0.2, 0.25) is 5.95 Å². The molecule has 0 aliphatic carbocycles. The number of rotatable bonds is 5. The maximum absolute atomic E-state index is 14.9. The fraction of sp³-hybridized carbons (Fsp3) is 0.136. The SMILES string of the molecule is CCc1cc(-c2cc(F)c(NSc3ccccc3Cl)nc2C)cc2cnc(N)nc12. The molecule has 0 amide bonds. The molecule has 0 saturated carbocycles. The third kappa shape index (κ3) is 4.04. The fourth-order valence-corrected chi connectivity index (χ4v) is 4.15. The number of aromatic nitrogens is 3. The summed E-state index contributed by atoms with van der Waals surface area (Å²) in [4.78, 5) is 13.7. The molecule has 152 valence electrons. The summed E-state index contributed by atoms with van der Waals surface area (Å²) >= 11 is 7.38. The average molecular weight is 440 g/mol. The maximum atomic E-state index is 14.9. The Morgan fingerprint density at radius 1 is 1.17 bits per heavy atom. The van der Waals surface area contributed by atoms with Gasteiger partial charge in [0.15, 0.2) is 11.6 Å². The third-order valence-corrected chi connectivity index (χ3v) is 6.05. The van der Waals surface area contributed by atoms with Crippen molar-refractivity contribution in [1.29, 1.82) is 0 Å². The van der Waals surface area contributed by atoms with Crippen molar-refractivity contribution in [2.75, 3.05) is 10.5 Å². The standard InChI is InChI=1S/C22H19ClFN5S/c1-3-13-8-14(9-15-11-26-22(25)28-20(13)15)16-10-18(24)21(27-12(16)2)29-30-19-7-5-4-6-17(19)23/h4-11H,3H2,1-2H3,(H,27,29)(H2,25,26,28). The highest BCUT2D eigenvalue weighted by Crippen LogP contribution is 2.33. The Morgan fingerprint density at radius 3 is 2.73 bits per heavy atom. The molecule has 3 N–H and O–H groups in total. The van der Waals surface area contributed by atoms with E-state index in [4.69, 9.17) is 17.3 Å². The summed E-state index contributed by atoms with van der Waals surface area (Å²) in [5.74, 6) is -0.0454. The second kappa shape index (κ2) is 8.45. The summed E-state index contributed by atoms with van der Waals surface area (Å²) in [6, 6.07) is 12.8. The van der Waals surface area contributed by atoms with Gasteiger partial charge >= 0.3 is 0 Å². The minimum absolute atomic E-state index is 0.161. The minimum atomic E-state index is -0.443. The molecule has 0 fully saturated rings. The molecule has 0 aliphatic rings. The van der Waals surface area contributed by atoms with Crippen LogP contribution in [0.5, 0.6) is 0 Å². The van der Waals surface area contributed by atoms with Crippen LogP contribution in [0.25, 0.3) is 22.0 Å². The highest BCUT2D eigenvalue weighted by molar-refractivity contribution is 8.00. The summed E-state index contributed by atoms with van der Waals surface area (Å²) in [5.41, 5.74) is 9.86. The molecule has 2 aromatic carbocycles. The minimum Gasteiger partial charge on any atom is -0.368 e. The molecule has 8 heteroatoms. The predicted octanol–water partition coefficient (Wildman–Crippen LogP) is 6.06. The number of hydrogen-bond donors (Lipinski definition) is 2. The molecule has 5 nitrogen and oxygen atoms in total. The van der Waals surface area contributed by atoms with Gasteiger partial charge in [0, 0.05) is 27.7 Å². The number of pyridine rings is 1. The number of nitrogens with one attached hydrogen (secondary N) is 1. The third-order valence-electron chi connectivity index (χ3n) is 4.73. The van der Waals surface area contributed by atoms with Crippen molar-refractivity contribution in [3.8, 4) is 11.1 Å². The Bertz CT molecular complexity index is 1250. The molecule has 4 rings (SSSR count). The van der Waals surface area contributed by atoms with E-state index in [1.807, 2.05) is 44.2 Å². The molecule has 4 aromatic rings. The van der Waals surface area contributed by atoms with E-state index in [1.54, 1.807) is 12.3 Å². The van der Waals surface area contributed by atoms with Crippen LogP contribution in [0.15, 0.2) is 53.6 Å². The highest BCUT2D eigenvalue weighted by atomic mass is 35.5. The molecule has 0 radical (unpaired) electrons. The smallest absolute Gasteiger partial charge is 0.220 e. The van der Waals surface area contributed by atoms with Gasteiger partial charge in [-0.05, 0) is 66.8 Å². The van der Waals surface area contributed by atoms with Crippen LogP contribution in [0, 0.1) is 12.7 Å². The Kier molecular flexibility index (Phi) is 5.74. The van der Waals surface area contributed by atoms with Crippen molar-refractivity contribution in [3.63, 3.8) is 0 Å². The van der Waals surface area contributed by atoms with Crippen molar-refractivity contribution in [2.24, 2.45) is 0 Å². The number of nitrogens with zero attached hydrogens (tertiary/aromatic N) is 3. The van der Waals surface area contributed by atoms with Gasteiger partial charge in [-0.15, -0.1) is 0 Å². The molecular formula is C22H19ClFN5S. The zero-order valence-electron chi connectivity index (χ0n) is 16.4. The number of halogens is 2. The van der Waals surface area contributed by atoms with E-state index in [-0.39, 0.29) is 11.8 Å². The number of nitrogen functional groups attached to an aromatic ring is 1. The van der Waals surface area contributed by atoms with Crippen LogP contribution >= 0.6 is 23.5 Å². The van der Waals surface area contributed by atoms with E-state index in [1.165, 1.54) is 18.0 Å². The number of aryl methyl sites for hydroxylation is 2. The topological polar surface area (TPSA) is 76.7 Å². The van der Waals surface area contributed by atoms with Crippen LogP contribution in [-0.2, 0) is 6.42 Å². The monoisotopic (exact) mass is 439 g/mol. The van der Waals surface area contributed by atoms with Crippen LogP contribution < -0.4 is 10.5 Å².